The van der Waals surface area contributed by atoms with Crippen LogP contribution in [0.1, 0.15) is 37.7 Å². The summed E-state index contributed by atoms with van der Waals surface area (Å²) in [7, 11) is 1.66. The summed E-state index contributed by atoms with van der Waals surface area (Å²) in [5.74, 6) is -4.92. The zero-order chi connectivity index (χ0) is 26.4. The SMILES string of the molecule is COc1ccc2[nH]cc(CCN3CCN(C(=O)CCCCCC4(C(=O)NO)OC(=O)C(=O)O4)CC3)c2c1. The first-order valence-corrected chi connectivity index (χ1v) is 12.4. The molecule has 0 unspecified atom stereocenters. The number of methoxy groups -OCH3 is 1. The van der Waals surface area contributed by atoms with Crippen molar-refractivity contribution in [2.75, 3.05) is 39.8 Å². The minimum absolute atomic E-state index is 0.0740. The number of ether oxygens (including phenoxy) is 3. The molecule has 0 spiro atoms. The molecule has 1 aromatic heterocycles. The van der Waals surface area contributed by atoms with Crippen LogP contribution in [0.3, 0.4) is 0 Å². The Bertz CT molecular complexity index is 1140. The van der Waals surface area contributed by atoms with Gasteiger partial charge in [-0.05, 0) is 43.0 Å². The van der Waals surface area contributed by atoms with Crippen molar-refractivity contribution in [1.29, 1.82) is 0 Å². The van der Waals surface area contributed by atoms with E-state index in [-0.39, 0.29) is 12.3 Å². The maximum Gasteiger partial charge on any atom is 0.421 e. The van der Waals surface area contributed by atoms with Gasteiger partial charge in [-0.3, -0.25) is 19.7 Å². The molecule has 2 saturated heterocycles. The lowest BCUT2D eigenvalue weighted by atomic mass is 10.1. The lowest BCUT2D eigenvalue weighted by Crippen LogP contribution is -2.49. The monoisotopic (exact) mass is 516 g/mol. The van der Waals surface area contributed by atoms with E-state index in [4.69, 9.17) is 19.4 Å². The Morgan fingerprint density at radius 1 is 1.11 bits per heavy atom. The molecular weight excluding hydrogens is 484 g/mol. The highest BCUT2D eigenvalue weighted by Gasteiger charge is 2.54. The zero-order valence-electron chi connectivity index (χ0n) is 20.8. The van der Waals surface area contributed by atoms with Gasteiger partial charge in [0.05, 0.1) is 7.11 Å². The molecule has 0 atom stereocenters. The molecule has 2 amide bonds. The van der Waals surface area contributed by atoms with Crippen LogP contribution in [0.15, 0.2) is 24.4 Å². The van der Waals surface area contributed by atoms with Crippen LogP contribution in [0.2, 0.25) is 0 Å². The summed E-state index contributed by atoms with van der Waals surface area (Å²) in [4.78, 5) is 54.7. The number of benzene rings is 1. The minimum atomic E-state index is -2.15. The van der Waals surface area contributed by atoms with Crippen LogP contribution < -0.4 is 10.2 Å². The van der Waals surface area contributed by atoms with Gasteiger partial charge in [0.25, 0.3) is 0 Å². The van der Waals surface area contributed by atoms with Crippen molar-refractivity contribution < 1.29 is 38.6 Å². The second-order valence-corrected chi connectivity index (χ2v) is 9.23. The highest BCUT2D eigenvalue weighted by atomic mass is 16.8. The number of esters is 2. The molecule has 2 aliphatic heterocycles. The fraction of sp³-hybridized carbons (Fsp3) is 0.520. The summed E-state index contributed by atoms with van der Waals surface area (Å²) in [6, 6.07) is 6.00. The lowest BCUT2D eigenvalue weighted by Gasteiger charge is -2.34. The van der Waals surface area contributed by atoms with Crippen LogP contribution in [-0.2, 0) is 35.1 Å². The molecule has 0 saturated carbocycles. The van der Waals surface area contributed by atoms with Gasteiger partial charge >= 0.3 is 23.6 Å². The smallest absolute Gasteiger partial charge is 0.421 e. The summed E-state index contributed by atoms with van der Waals surface area (Å²) < 4.78 is 14.8. The predicted octanol–water partition coefficient (Wildman–Crippen LogP) is 1.12. The molecule has 200 valence electrons. The second kappa shape index (κ2) is 11.6. The first-order valence-electron chi connectivity index (χ1n) is 12.4. The van der Waals surface area contributed by atoms with E-state index in [0.29, 0.717) is 38.8 Å². The summed E-state index contributed by atoms with van der Waals surface area (Å²) in [6.07, 6.45) is 4.68. The molecule has 1 aromatic carbocycles. The van der Waals surface area contributed by atoms with Gasteiger partial charge < -0.3 is 24.1 Å². The van der Waals surface area contributed by atoms with Gasteiger partial charge in [0, 0.05) is 62.7 Å². The molecule has 0 radical (unpaired) electrons. The van der Waals surface area contributed by atoms with Gasteiger partial charge in [-0.15, -0.1) is 0 Å². The van der Waals surface area contributed by atoms with Gasteiger partial charge in [-0.25, -0.2) is 15.1 Å². The van der Waals surface area contributed by atoms with Crippen molar-refractivity contribution in [3.05, 3.63) is 30.0 Å². The minimum Gasteiger partial charge on any atom is -0.497 e. The second-order valence-electron chi connectivity index (χ2n) is 9.23. The van der Waals surface area contributed by atoms with E-state index in [2.05, 4.69) is 9.88 Å². The Balaban J connectivity index is 1.15. The van der Waals surface area contributed by atoms with E-state index in [9.17, 15) is 19.2 Å². The number of aromatic nitrogens is 1. The van der Waals surface area contributed by atoms with Gasteiger partial charge in [0.2, 0.25) is 5.91 Å². The molecule has 2 fully saturated rings. The van der Waals surface area contributed by atoms with Gasteiger partial charge in [0.1, 0.15) is 5.75 Å². The number of carbonyl (C=O) groups excluding carboxylic acids is 4. The van der Waals surface area contributed by atoms with E-state index in [1.165, 1.54) is 16.4 Å². The topological polar surface area (TPSA) is 150 Å². The number of hydrogen-bond donors (Lipinski definition) is 3. The number of rotatable bonds is 11. The molecule has 0 aliphatic carbocycles. The number of nitrogens with one attached hydrogen (secondary N) is 2. The third-order valence-corrected chi connectivity index (χ3v) is 6.92. The molecule has 0 bridgehead atoms. The van der Waals surface area contributed by atoms with Crippen molar-refractivity contribution in [3.63, 3.8) is 0 Å². The highest BCUT2D eigenvalue weighted by molar-refractivity contribution is 6.32. The number of aromatic amines is 1. The van der Waals surface area contributed by atoms with Crippen molar-refractivity contribution in [1.82, 2.24) is 20.3 Å². The quantitative estimate of drug-likeness (QED) is 0.131. The first-order chi connectivity index (χ1) is 17.8. The van der Waals surface area contributed by atoms with Crippen LogP contribution in [-0.4, -0.2) is 89.4 Å². The van der Waals surface area contributed by atoms with E-state index in [0.717, 1.165) is 37.3 Å². The summed E-state index contributed by atoms with van der Waals surface area (Å²) in [5.41, 5.74) is 3.69. The Morgan fingerprint density at radius 3 is 2.51 bits per heavy atom. The van der Waals surface area contributed by atoms with Gasteiger partial charge in [-0.1, -0.05) is 6.42 Å². The first kappa shape index (κ1) is 26.4. The Kier molecular flexibility index (Phi) is 8.29. The van der Waals surface area contributed by atoms with Crippen molar-refractivity contribution in [2.24, 2.45) is 0 Å². The number of hydrogen-bond acceptors (Lipinski definition) is 9. The Hall–Kier alpha value is -3.64. The molecule has 4 rings (SSSR count). The highest BCUT2D eigenvalue weighted by Crippen LogP contribution is 2.28. The maximum absolute atomic E-state index is 12.6. The van der Waals surface area contributed by atoms with Crippen LogP contribution in [0, 0.1) is 0 Å². The largest absolute Gasteiger partial charge is 0.497 e. The summed E-state index contributed by atoms with van der Waals surface area (Å²) in [5, 5.41) is 10.0. The number of hydroxylamine groups is 1. The summed E-state index contributed by atoms with van der Waals surface area (Å²) in [6.45, 7) is 3.88. The molecule has 12 heteroatoms. The van der Waals surface area contributed by atoms with E-state index >= 15 is 0 Å². The third-order valence-electron chi connectivity index (χ3n) is 6.92. The third kappa shape index (κ3) is 6.03. The van der Waals surface area contributed by atoms with Gasteiger partial charge in [-0.2, -0.15) is 0 Å². The van der Waals surface area contributed by atoms with E-state index in [1.807, 2.05) is 29.3 Å². The fourth-order valence-electron chi connectivity index (χ4n) is 4.76. The number of nitrogens with zero attached hydrogens (tertiary/aromatic N) is 2. The number of carbonyl (C=O) groups is 4. The maximum atomic E-state index is 12.6. The van der Waals surface area contributed by atoms with Crippen LogP contribution in [0.5, 0.6) is 5.75 Å². The molecule has 3 N–H and O–H groups in total. The number of amides is 2. The number of unbranched alkanes of at least 4 members (excludes halogenated alkanes) is 2. The number of cyclic esters (lactones) is 2. The number of H-pyrrole nitrogens is 1. The average Bonchev–Trinajstić information content (AvgIpc) is 3.46. The van der Waals surface area contributed by atoms with Crippen LogP contribution >= 0.6 is 0 Å². The van der Waals surface area contributed by atoms with Crippen molar-refractivity contribution >= 4 is 34.7 Å². The Labute approximate surface area is 213 Å². The molecule has 37 heavy (non-hydrogen) atoms. The molecule has 2 aliphatic rings. The number of piperazine rings is 1. The molecule has 3 heterocycles. The van der Waals surface area contributed by atoms with Crippen molar-refractivity contribution in [3.8, 4) is 5.75 Å². The Morgan fingerprint density at radius 2 is 1.84 bits per heavy atom. The van der Waals surface area contributed by atoms with Crippen molar-refractivity contribution in [2.45, 2.75) is 44.3 Å². The van der Waals surface area contributed by atoms with E-state index in [1.54, 1.807) is 7.11 Å². The zero-order valence-corrected chi connectivity index (χ0v) is 20.8. The molecule has 2 aromatic rings. The fourth-order valence-corrected chi connectivity index (χ4v) is 4.76. The molecular formula is C25H32N4O8. The summed E-state index contributed by atoms with van der Waals surface area (Å²) >= 11 is 0. The van der Waals surface area contributed by atoms with Crippen LogP contribution in [0.25, 0.3) is 10.9 Å². The molecule has 12 nitrogen and oxygen atoms in total. The average molecular weight is 517 g/mol. The van der Waals surface area contributed by atoms with Gasteiger partial charge in [0.15, 0.2) is 0 Å². The van der Waals surface area contributed by atoms with E-state index < -0.39 is 23.6 Å². The standard InChI is InChI=1S/C25H32N4O8/c1-35-18-6-7-20-19(15-18)17(16-26-20)8-10-28-11-13-29(14-12-28)21(30)5-3-2-4-9-25(24(33)27-34)36-22(31)23(32)37-25/h6-7,15-16,26,34H,2-5,8-14H2,1H3,(H,27,33). The predicted molar refractivity (Wildman–Crippen MR) is 130 cm³/mol. The lowest BCUT2D eigenvalue weighted by molar-refractivity contribution is -0.198. The number of fused-ring (bicyclic) bond motifs is 1. The van der Waals surface area contributed by atoms with Crippen LogP contribution in [0.4, 0.5) is 0 Å². The normalized spacial score (nSPS) is 17.5.